The van der Waals surface area contributed by atoms with Gasteiger partial charge >= 0.3 is 0 Å². The molecule has 0 atom stereocenters. The topological polar surface area (TPSA) is 60.9 Å². The summed E-state index contributed by atoms with van der Waals surface area (Å²) in [6.07, 6.45) is 6.69. The zero-order valence-corrected chi connectivity index (χ0v) is 11.3. The average molecular weight is 266 g/mol. The minimum atomic E-state index is 0.909. The number of nitrogens with zero attached hydrogens (tertiary/aromatic N) is 6. The molecule has 0 bridgehead atoms. The van der Waals surface area contributed by atoms with Crippen LogP contribution in [-0.2, 0) is 0 Å². The molecule has 0 unspecified atom stereocenters. The van der Waals surface area contributed by atoms with E-state index in [0.717, 1.165) is 22.8 Å². The van der Waals surface area contributed by atoms with Crippen molar-refractivity contribution in [2.45, 2.75) is 13.8 Å². The first-order valence-corrected chi connectivity index (χ1v) is 6.25. The predicted octanol–water partition coefficient (Wildman–Crippen LogP) is 1.96. The summed E-state index contributed by atoms with van der Waals surface area (Å²) in [5.74, 6) is 0.909. The van der Waals surface area contributed by atoms with E-state index in [0.29, 0.717) is 0 Å². The SMILES string of the molecule is Cc1cc(/C=N\n2cnnc2)c(C)n1-c1ccccn1. The van der Waals surface area contributed by atoms with Gasteiger partial charge in [0.2, 0.25) is 0 Å². The smallest absolute Gasteiger partial charge is 0.141 e. The van der Waals surface area contributed by atoms with Gasteiger partial charge in [-0.15, -0.1) is 10.2 Å². The zero-order chi connectivity index (χ0) is 13.9. The first kappa shape index (κ1) is 12.3. The maximum absolute atomic E-state index is 4.39. The lowest BCUT2D eigenvalue weighted by molar-refractivity contribution is 0.877. The summed E-state index contributed by atoms with van der Waals surface area (Å²) in [6.45, 7) is 4.10. The Morgan fingerprint density at radius 2 is 1.95 bits per heavy atom. The molecular formula is C14H14N6. The highest BCUT2D eigenvalue weighted by molar-refractivity contribution is 5.82. The fourth-order valence-electron chi connectivity index (χ4n) is 2.14. The molecule has 0 fully saturated rings. The summed E-state index contributed by atoms with van der Waals surface area (Å²) < 4.78 is 3.67. The van der Waals surface area contributed by atoms with E-state index in [2.05, 4.69) is 44.8 Å². The number of aromatic nitrogens is 5. The van der Waals surface area contributed by atoms with E-state index in [1.54, 1.807) is 29.7 Å². The molecule has 0 N–H and O–H groups in total. The van der Waals surface area contributed by atoms with Crippen LogP contribution in [0.2, 0.25) is 0 Å². The highest BCUT2D eigenvalue weighted by Crippen LogP contribution is 2.17. The second-order valence-electron chi connectivity index (χ2n) is 4.44. The number of hydrogen-bond acceptors (Lipinski definition) is 4. The lowest BCUT2D eigenvalue weighted by Gasteiger charge is -2.07. The summed E-state index contributed by atoms with van der Waals surface area (Å²) >= 11 is 0. The molecule has 0 saturated heterocycles. The van der Waals surface area contributed by atoms with Crippen molar-refractivity contribution < 1.29 is 0 Å². The molecule has 3 aromatic heterocycles. The van der Waals surface area contributed by atoms with Crippen LogP contribution in [0.25, 0.3) is 5.82 Å². The van der Waals surface area contributed by atoms with Gasteiger partial charge in [-0.05, 0) is 32.0 Å². The van der Waals surface area contributed by atoms with Crippen LogP contribution in [0.5, 0.6) is 0 Å². The average Bonchev–Trinajstić information content (AvgIpc) is 3.06. The van der Waals surface area contributed by atoms with Crippen LogP contribution < -0.4 is 0 Å². The Hall–Kier alpha value is -2.76. The molecule has 0 saturated carbocycles. The van der Waals surface area contributed by atoms with Crippen molar-refractivity contribution in [1.29, 1.82) is 0 Å². The van der Waals surface area contributed by atoms with Crippen LogP contribution in [-0.4, -0.2) is 30.6 Å². The van der Waals surface area contributed by atoms with Crippen molar-refractivity contribution in [1.82, 2.24) is 24.4 Å². The van der Waals surface area contributed by atoms with Crippen LogP contribution >= 0.6 is 0 Å². The quantitative estimate of drug-likeness (QED) is 0.681. The van der Waals surface area contributed by atoms with Crippen molar-refractivity contribution in [3.63, 3.8) is 0 Å². The Labute approximate surface area is 116 Å². The summed E-state index contributed by atoms with van der Waals surface area (Å²) in [5, 5.41) is 11.7. The molecule has 6 heteroatoms. The standard InChI is InChI=1S/C14H14N6/c1-11-7-13(8-18-19-9-16-17-10-19)12(2)20(11)14-5-3-4-6-15-14/h3-10H,1-2H3/b18-8-. The largest absolute Gasteiger partial charge is 0.303 e. The van der Waals surface area contributed by atoms with Gasteiger partial charge in [-0.2, -0.15) is 5.10 Å². The molecule has 0 spiro atoms. The second-order valence-corrected chi connectivity index (χ2v) is 4.44. The zero-order valence-electron chi connectivity index (χ0n) is 11.3. The summed E-state index contributed by atoms with van der Waals surface area (Å²) in [7, 11) is 0. The van der Waals surface area contributed by atoms with Gasteiger partial charge in [-0.25, -0.2) is 9.66 Å². The third kappa shape index (κ3) is 2.23. The Balaban J connectivity index is 1.99. The molecule has 20 heavy (non-hydrogen) atoms. The van der Waals surface area contributed by atoms with Crippen molar-refractivity contribution >= 4 is 6.21 Å². The Morgan fingerprint density at radius 1 is 1.15 bits per heavy atom. The molecule has 0 radical (unpaired) electrons. The lowest BCUT2D eigenvalue weighted by Crippen LogP contribution is -2.01. The van der Waals surface area contributed by atoms with Gasteiger partial charge in [0.05, 0.1) is 6.21 Å². The van der Waals surface area contributed by atoms with E-state index < -0.39 is 0 Å². The molecular weight excluding hydrogens is 252 g/mol. The lowest BCUT2D eigenvalue weighted by atomic mass is 10.3. The molecule has 3 heterocycles. The summed E-state index contributed by atoms with van der Waals surface area (Å²) in [4.78, 5) is 4.39. The number of rotatable bonds is 3. The summed E-state index contributed by atoms with van der Waals surface area (Å²) in [6, 6.07) is 7.96. The third-order valence-electron chi connectivity index (χ3n) is 3.09. The maximum atomic E-state index is 4.39. The molecule has 3 rings (SSSR count). The maximum Gasteiger partial charge on any atom is 0.141 e. The van der Waals surface area contributed by atoms with Gasteiger partial charge in [0.1, 0.15) is 18.5 Å². The van der Waals surface area contributed by atoms with E-state index in [1.807, 2.05) is 18.2 Å². The molecule has 0 aromatic carbocycles. The van der Waals surface area contributed by atoms with Crippen molar-refractivity contribution in [2.24, 2.45) is 5.10 Å². The number of pyridine rings is 1. The highest BCUT2D eigenvalue weighted by atomic mass is 15.4. The van der Waals surface area contributed by atoms with E-state index >= 15 is 0 Å². The van der Waals surface area contributed by atoms with Crippen molar-refractivity contribution in [2.75, 3.05) is 0 Å². The normalized spacial score (nSPS) is 11.3. The van der Waals surface area contributed by atoms with Gasteiger partial charge in [-0.1, -0.05) is 6.07 Å². The Bertz CT molecular complexity index is 725. The molecule has 3 aromatic rings. The molecule has 6 nitrogen and oxygen atoms in total. The molecule has 0 amide bonds. The summed E-state index contributed by atoms with van der Waals surface area (Å²) in [5.41, 5.74) is 3.26. The highest BCUT2D eigenvalue weighted by Gasteiger charge is 2.09. The van der Waals surface area contributed by atoms with Crippen molar-refractivity contribution in [3.8, 4) is 5.82 Å². The van der Waals surface area contributed by atoms with E-state index in [4.69, 9.17) is 0 Å². The number of aryl methyl sites for hydroxylation is 1. The second kappa shape index (κ2) is 5.08. The van der Waals surface area contributed by atoms with Gasteiger partial charge in [0, 0.05) is 23.1 Å². The molecule has 100 valence electrons. The minimum absolute atomic E-state index is 0.909. The molecule has 0 aliphatic heterocycles. The predicted molar refractivity (Wildman–Crippen MR) is 76.1 cm³/mol. The van der Waals surface area contributed by atoms with Crippen molar-refractivity contribution in [3.05, 3.63) is 60.1 Å². The monoisotopic (exact) mass is 266 g/mol. The van der Waals surface area contributed by atoms with Crippen LogP contribution in [0.3, 0.4) is 0 Å². The van der Waals surface area contributed by atoms with E-state index in [-0.39, 0.29) is 0 Å². The fourth-order valence-corrected chi connectivity index (χ4v) is 2.14. The van der Waals surface area contributed by atoms with Gasteiger partial charge in [0.15, 0.2) is 0 Å². The molecule has 0 aliphatic rings. The van der Waals surface area contributed by atoms with E-state index in [9.17, 15) is 0 Å². The third-order valence-corrected chi connectivity index (χ3v) is 3.09. The minimum Gasteiger partial charge on any atom is -0.303 e. The van der Waals surface area contributed by atoms with Gasteiger partial charge in [0.25, 0.3) is 0 Å². The van der Waals surface area contributed by atoms with Crippen LogP contribution in [0.15, 0.2) is 48.2 Å². The first-order valence-electron chi connectivity index (χ1n) is 6.25. The molecule has 0 aliphatic carbocycles. The number of hydrogen-bond donors (Lipinski definition) is 0. The fraction of sp³-hybridized carbons (Fsp3) is 0.143. The van der Waals surface area contributed by atoms with Gasteiger partial charge < -0.3 is 4.57 Å². The van der Waals surface area contributed by atoms with Crippen LogP contribution in [0, 0.1) is 13.8 Å². The Morgan fingerprint density at radius 3 is 2.65 bits per heavy atom. The Kier molecular flexibility index (Phi) is 3.12. The van der Waals surface area contributed by atoms with E-state index in [1.165, 1.54) is 0 Å². The first-order chi connectivity index (χ1) is 9.75. The van der Waals surface area contributed by atoms with Gasteiger partial charge in [-0.3, -0.25) is 0 Å². The van der Waals surface area contributed by atoms with Crippen LogP contribution in [0.4, 0.5) is 0 Å². The van der Waals surface area contributed by atoms with Crippen LogP contribution in [0.1, 0.15) is 17.0 Å².